The third kappa shape index (κ3) is 5.33. The van der Waals surface area contributed by atoms with Crippen LogP contribution < -0.4 is 4.74 Å². The van der Waals surface area contributed by atoms with Gasteiger partial charge < -0.3 is 14.7 Å². The molecule has 0 unspecified atom stereocenters. The third-order valence-electron chi connectivity index (χ3n) is 5.60. The van der Waals surface area contributed by atoms with E-state index in [-0.39, 0.29) is 19.0 Å². The van der Waals surface area contributed by atoms with Gasteiger partial charge in [-0.3, -0.25) is 4.90 Å². The minimum Gasteiger partial charge on any atom is -0.488 e. The molecule has 2 aromatic carbocycles. The lowest BCUT2D eigenvalue weighted by Crippen LogP contribution is -2.47. The van der Waals surface area contributed by atoms with Crippen LogP contribution in [0, 0.1) is 0 Å². The highest BCUT2D eigenvalue weighted by atomic mass is 35.5. The van der Waals surface area contributed by atoms with Crippen molar-refractivity contribution in [2.75, 3.05) is 45.9 Å². The van der Waals surface area contributed by atoms with Gasteiger partial charge in [0.25, 0.3) is 0 Å². The van der Waals surface area contributed by atoms with Gasteiger partial charge in [0.2, 0.25) is 0 Å². The van der Waals surface area contributed by atoms with Crippen molar-refractivity contribution in [1.82, 2.24) is 9.80 Å². The number of aliphatic hydroxyl groups excluding tert-OH is 1. The van der Waals surface area contributed by atoms with E-state index in [4.69, 9.17) is 21.4 Å². The van der Waals surface area contributed by atoms with E-state index in [0.29, 0.717) is 6.61 Å². The number of hydrogen-bond donors (Lipinski definition) is 1. The van der Waals surface area contributed by atoms with Crippen molar-refractivity contribution in [3.05, 3.63) is 70.3 Å². The zero-order valence-corrected chi connectivity index (χ0v) is 18.1. The number of aliphatic hydroxyl groups is 1. The van der Waals surface area contributed by atoms with Crippen molar-refractivity contribution >= 4 is 29.6 Å². The molecule has 0 spiro atoms. The molecular formula is C23H28Cl2N2O2. The summed E-state index contributed by atoms with van der Waals surface area (Å²) < 4.78 is 6.06. The van der Waals surface area contributed by atoms with Crippen molar-refractivity contribution < 1.29 is 9.84 Å². The predicted molar refractivity (Wildman–Crippen MR) is 121 cm³/mol. The number of ether oxygens (including phenoxy) is 1. The van der Waals surface area contributed by atoms with E-state index in [1.54, 1.807) is 0 Å². The summed E-state index contributed by atoms with van der Waals surface area (Å²) in [7, 11) is 0. The molecule has 156 valence electrons. The van der Waals surface area contributed by atoms with Crippen LogP contribution in [-0.4, -0.2) is 60.8 Å². The number of benzene rings is 2. The molecule has 0 amide bonds. The molecule has 4 rings (SSSR count). The summed E-state index contributed by atoms with van der Waals surface area (Å²) in [5.41, 5.74) is 4.73. The van der Waals surface area contributed by atoms with Gasteiger partial charge in [0.15, 0.2) is 0 Å². The lowest BCUT2D eigenvalue weighted by atomic mass is 9.93. The molecule has 1 fully saturated rings. The van der Waals surface area contributed by atoms with Gasteiger partial charge in [-0.05, 0) is 41.3 Å². The van der Waals surface area contributed by atoms with Gasteiger partial charge >= 0.3 is 0 Å². The average molecular weight is 435 g/mol. The smallest absolute Gasteiger partial charge is 0.127 e. The van der Waals surface area contributed by atoms with Gasteiger partial charge in [-0.1, -0.05) is 41.9 Å². The molecule has 0 aliphatic carbocycles. The Morgan fingerprint density at radius 1 is 0.966 bits per heavy atom. The zero-order chi connectivity index (χ0) is 19.3. The van der Waals surface area contributed by atoms with E-state index >= 15 is 0 Å². The fraction of sp³-hybridized carbons (Fsp3) is 0.391. The molecule has 2 heterocycles. The molecule has 1 N–H and O–H groups in total. The quantitative estimate of drug-likeness (QED) is 0.768. The van der Waals surface area contributed by atoms with E-state index in [9.17, 15) is 0 Å². The van der Waals surface area contributed by atoms with E-state index in [0.717, 1.165) is 62.0 Å². The van der Waals surface area contributed by atoms with E-state index in [1.807, 2.05) is 18.2 Å². The molecule has 2 aliphatic rings. The summed E-state index contributed by atoms with van der Waals surface area (Å²) >= 11 is 6.30. The van der Waals surface area contributed by atoms with Gasteiger partial charge in [0, 0.05) is 49.9 Å². The van der Waals surface area contributed by atoms with Crippen molar-refractivity contribution in [2.24, 2.45) is 0 Å². The van der Waals surface area contributed by atoms with Gasteiger partial charge in [0.1, 0.15) is 12.4 Å². The minimum atomic E-state index is 0. The summed E-state index contributed by atoms with van der Waals surface area (Å²) in [5, 5.41) is 9.82. The van der Waals surface area contributed by atoms with Crippen LogP contribution in [0.15, 0.2) is 48.5 Å². The van der Waals surface area contributed by atoms with E-state index < -0.39 is 0 Å². The van der Waals surface area contributed by atoms with Crippen LogP contribution in [0.25, 0.3) is 5.57 Å². The number of halogens is 2. The second-order valence-electron chi connectivity index (χ2n) is 7.40. The largest absolute Gasteiger partial charge is 0.488 e. The van der Waals surface area contributed by atoms with Crippen molar-refractivity contribution in [3.63, 3.8) is 0 Å². The molecule has 2 aromatic rings. The van der Waals surface area contributed by atoms with Crippen molar-refractivity contribution in [1.29, 1.82) is 0 Å². The monoisotopic (exact) mass is 434 g/mol. The SMILES string of the molecule is Cl.OCCN1CCN(CC/C=C2\c3ccccc3COc3ccc(Cl)cc32)CC1. The van der Waals surface area contributed by atoms with Gasteiger partial charge in [-0.2, -0.15) is 0 Å². The number of β-amino-alcohol motifs (C(OH)–C–C–N with tert-alkyl or cyclic N) is 1. The van der Waals surface area contributed by atoms with E-state index in [2.05, 4.69) is 40.1 Å². The van der Waals surface area contributed by atoms with Crippen LogP contribution in [0.1, 0.15) is 23.1 Å². The first-order valence-corrected chi connectivity index (χ1v) is 10.4. The molecule has 6 heteroatoms. The number of fused-ring (bicyclic) bond motifs is 2. The van der Waals surface area contributed by atoms with E-state index in [1.165, 1.54) is 16.7 Å². The zero-order valence-electron chi connectivity index (χ0n) is 16.5. The van der Waals surface area contributed by atoms with Crippen molar-refractivity contribution in [3.8, 4) is 5.75 Å². The fourth-order valence-electron chi connectivity index (χ4n) is 4.04. The Labute approximate surface area is 184 Å². The Hall–Kier alpha value is -1.56. The first kappa shape index (κ1) is 22.1. The summed E-state index contributed by atoms with van der Waals surface area (Å²) in [6.45, 7) is 6.83. The van der Waals surface area contributed by atoms with Crippen LogP contribution in [0.5, 0.6) is 5.75 Å². The van der Waals surface area contributed by atoms with Gasteiger partial charge in [0.05, 0.1) is 6.61 Å². The lowest BCUT2D eigenvalue weighted by molar-refractivity contribution is 0.114. The fourth-order valence-corrected chi connectivity index (χ4v) is 4.21. The molecule has 0 atom stereocenters. The standard InChI is InChI=1S/C23H27ClN2O2.ClH/c24-19-7-8-23-22(16-19)21(20-5-2-1-4-18(20)17-28-23)6-3-9-25-10-12-26(13-11-25)14-15-27;/h1-2,4-8,16,27H,3,9-15,17H2;1H/b21-6+;. The highest BCUT2D eigenvalue weighted by Gasteiger charge is 2.20. The van der Waals surface area contributed by atoms with Gasteiger partial charge in [-0.15, -0.1) is 12.4 Å². The van der Waals surface area contributed by atoms with Crippen LogP contribution in [0.3, 0.4) is 0 Å². The molecule has 0 radical (unpaired) electrons. The number of piperazine rings is 1. The molecule has 29 heavy (non-hydrogen) atoms. The Morgan fingerprint density at radius 3 is 2.45 bits per heavy atom. The predicted octanol–water partition coefficient (Wildman–Crippen LogP) is 4.09. The molecule has 4 nitrogen and oxygen atoms in total. The maximum Gasteiger partial charge on any atom is 0.127 e. The summed E-state index contributed by atoms with van der Waals surface area (Å²) in [6.07, 6.45) is 3.32. The normalized spacial score (nSPS) is 18.3. The Bertz CT molecular complexity index is 849. The topological polar surface area (TPSA) is 35.9 Å². The number of rotatable bonds is 5. The van der Waals surface area contributed by atoms with Crippen molar-refractivity contribution in [2.45, 2.75) is 13.0 Å². The molecular weight excluding hydrogens is 407 g/mol. The lowest BCUT2D eigenvalue weighted by Gasteiger charge is -2.34. The molecule has 1 saturated heterocycles. The average Bonchev–Trinajstić information content (AvgIpc) is 2.87. The Balaban J connectivity index is 0.00000240. The highest BCUT2D eigenvalue weighted by Crippen LogP contribution is 2.38. The second-order valence-corrected chi connectivity index (χ2v) is 7.84. The maximum absolute atomic E-state index is 9.09. The first-order valence-electron chi connectivity index (χ1n) is 10.0. The third-order valence-corrected chi connectivity index (χ3v) is 5.83. The molecule has 2 aliphatic heterocycles. The van der Waals surface area contributed by atoms with Crippen LogP contribution in [0.2, 0.25) is 5.02 Å². The van der Waals surface area contributed by atoms with Gasteiger partial charge in [-0.25, -0.2) is 0 Å². The highest BCUT2D eigenvalue weighted by molar-refractivity contribution is 6.30. The van der Waals surface area contributed by atoms with Crippen LogP contribution >= 0.6 is 24.0 Å². The van der Waals surface area contributed by atoms with Crippen LogP contribution in [-0.2, 0) is 6.61 Å². The minimum absolute atomic E-state index is 0. The second kappa shape index (κ2) is 10.5. The summed E-state index contributed by atoms with van der Waals surface area (Å²) in [6, 6.07) is 14.3. The summed E-state index contributed by atoms with van der Waals surface area (Å²) in [4.78, 5) is 4.83. The first-order chi connectivity index (χ1) is 13.7. The molecule has 0 aromatic heterocycles. The number of hydrogen-bond acceptors (Lipinski definition) is 4. The molecule has 0 bridgehead atoms. The maximum atomic E-state index is 9.09. The molecule has 0 saturated carbocycles. The Kier molecular flexibility index (Phi) is 7.99. The Morgan fingerprint density at radius 2 is 1.69 bits per heavy atom. The van der Waals surface area contributed by atoms with Crippen LogP contribution in [0.4, 0.5) is 0 Å². The summed E-state index contributed by atoms with van der Waals surface area (Å²) in [5.74, 6) is 0.893. The number of nitrogens with zero attached hydrogens (tertiary/aromatic N) is 2.